The Bertz CT molecular complexity index is 849. The highest BCUT2D eigenvalue weighted by atomic mass is 35.5. The van der Waals surface area contributed by atoms with Crippen LogP contribution in [0.1, 0.15) is 30.9 Å². The van der Waals surface area contributed by atoms with Gasteiger partial charge in [-0.2, -0.15) is 0 Å². The zero-order valence-electron chi connectivity index (χ0n) is 14.2. The maximum absolute atomic E-state index is 12.0. The Kier molecular flexibility index (Phi) is 7.03. The molecule has 0 aliphatic carbocycles. The van der Waals surface area contributed by atoms with Crippen molar-refractivity contribution in [3.8, 4) is 5.75 Å². The van der Waals surface area contributed by atoms with Crippen LogP contribution in [0.4, 0.5) is 5.69 Å². The molecule has 0 unspecified atom stereocenters. The molecule has 0 aromatic heterocycles. The van der Waals surface area contributed by atoms with E-state index in [0.717, 1.165) is 5.56 Å². The van der Waals surface area contributed by atoms with Crippen LogP contribution < -0.4 is 10.6 Å². The highest BCUT2D eigenvalue weighted by molar-refractivity contribution is 7.80. The molecule has 0 aliphatic rings. The van der Waals surface area contributed by atoms with Crippen molar-refractivity contribution in [2.24, 2.45) is 0 Å². The summed E-state index contributed by atoms with van der Waals surface area (Å²) >= 11 is 16.8. The summed E-state index contributed by atoms with van der Waals surface area (Å²) < 4.78 is 0. The third kappa shape index (κ3) is 5.73. The Morgan fingerprint density at radius 3 is 2.46 bits per heavy atom. The van der Waals surface area contributed by atoms with Crippen molar-refractivity contribution in [1.82, 2.24) is 5.32 Å². The molecule has 0 saturated carbocycles. The highest BCUT2D eigenvalue weighted by Gasteiger charge is 2.10. The van der Waals surface area contributed by atoms with Crippen molar-refractivity contribution in [2.45, 2.75) is 19.8 Å². The van der Waals surface area contributed by atoms with Crippen LogP contribution in [-0.4, -0.2) is 16.1 Å². The van der Waals surface area contributed by atoms with Gasteiger partial charge in [-0.05, 0) is 47.5 Å². The average Bonchev–Trinajstić information content (AvgIpc) is 2.57. The van der Waals surface area contributed by atoms with Gasteiger partial charge >= 0.3 is 0 Å². The number of hydrogen-bond donors (Lipinski definition) is 3. The first-order chi connectivity index (χ1) is 12.3. The summed E-state index contributed by atoms with van der Waals surface area (Å²) in [5.41, 5.74) is 2.35. The summed E-state index contributed by atoms with van der Waals surface area (Å²) in [6.45, 7) is 4.24. The van der Waals surface area contributed by atoms with Gasteiger partial charge in [-0.1, -0.05) is 61.3 Å². The minimum absolute atomic E-state index is 0.0171. The Morgan fingerprint density at radius 2 is 1.85 bits per heavy atom. The topological polar surface area (TPSA) is 61.4 Å². The molecule has 2 rings (SSSR count). The minimum Gasteiger partial charge on any atom is -0.504 e. The zero-order valence-corrected chi connectivity index (χ0v) is 16.5. The number of phenolic OH excluding ortho intramolecular Hbond substituents is 1. The van der Waals surface area contributed by atoms with Crippen LogP contribution in [0.2, 0.25) is 10.0 Å². The molecule has 2 aromatic carbocycles. The number of halogens is 2. The second-order valence-electron chi connectivity index (χ2n) is 5.88. The number of thiocarbonyl (C=S) groups is 1. The van der Waals surface area contributed by atoms with Gasteiger partial charge in [0.05, 0.1) is 10.7 Å². The summed E-state index contributed by atoms with van der Waals surface area (Å²) in [5.74, 6) is -0.146. The molecular formula is C19H18Cl2N2O2S. The average molecular weight is 409 g/mol. The van der Waals surface area contributed by atoms with Gasteiger partial charge in [0.15, 0.2) is 10.9 Å². The summed E-state index contributed by atoms with van der Waals surface area (Å²) in [7, 11) is 0. The lowest BCUT2D eigenvalue weighted by Crippen LogP contribution is -2.32. The number of rotatable bonds is 4. The van der Waals surface area contributed by atoms with E-state index in [4.69, 9.17) is 35.4 Å². The summed E-state index contributed by atoms with van der Waals surface area (Å²) in [6, 6.07) is 10.8. The minimum atomic E-state index is -0.400. The molecule has 4 nitrogen and oxygen atoms in total. The van der Waals surface area contributed by atoms with Crippen molar-refractivity contribution >= 4 is 58.2 Å². The lowest BCUT2D eigenvalue weighted by Gasteiger charge is -2.11. The molecule has 2 aromatic rings. The van der Waals surface area contributed by atoms with E-state index < -0.39 is 5.91 Å². The maximum Gasteiger partial charge on any atom is 0.250 e. The number of aromatic hydroxyl groups is 1. The largest absolute Gasteiger partial charge is 0.504 e. The third-order valence-electron chi connectivity index (χ3n) is 3.54. The fourth-order valence-electron chi connectivity index (χ4n) is 2.13. The van der Waals surface area contributed by atoms with Crippen LogP contribution in [0.5, 0.6) is 5.75 Å². The molecule has 0 spiro atoms. The first-order valence-corrected chi connectivity index (χ1v) is 9.00. The summed E-state index contributed by atoms with van der Waals surface area (Å²) in [5, 5.41) is 15.5. The summed E-state index contributed by atoms with van der Waals surface area (Å²) in [6.07, 6.45) is 3.07. The Hall–Kier alpha value is -2.08. The monoisotopic (exact) mass is 408 g/mol. The van der Waals surface area contributed by atoms with Crippen LogP contribution in [0, 0.1) is 0 Å². The van der Waals surface area contributed by atoms with E-state index in [1.54, 1.807) is 6.08 Å². The van der Waals surface area contributed by atoms with E-state index in [1.807, 2.05) is 24.3 Å². The molecule has 136 valence electrons. The normalized spacial score (nSPS) is 11.0. The third-order valence-corrected chi connectivity index (χ3v) is 4.25. The van der Waals surface area contributed by atoms with E-state index in [9.17, 15) is 9.90 Å². The maximum atomic E-state index is 12.0. The number of amides is 1. The van der Waals surface area contributed by atoms with Crippen molar-refractivity contribution in [3.63, 3.8) is 0 Å². The van der Waals surface area contributed by atoms with E-state index in [1.165, 1.54) is 23.8 Å². The second-order valence-corrected chi connectivity index (χ2v) is 7.13. The standard InChI is InChI=1S/C19H18Cl2N2O2S/c1-11(2)13-6-3-12(4-7-13)5-8-17(24)23-19(26)22-16-10-14(20)9-15(21)18(16)25/h3-11,25H,1-2H3,(H2,22,23,24,26)/b8-5+. The zero-order chi connectivity index (χ0) is 19.3. The highest BCUT2D eigenvalue weighted by Crippen LogP contribution is 2.34. The van der Waals surface area contributed by atoms with E-state index in [2.05, 4.69) is 24.5 Å². The molecule has 0 atom stereocenters. The first kappa shape index (κ1) is 20.2. The Balaban J connectivity index is 1.96. The van der Waals surface area contributed by atoms with Crippen LogP contribution in [0.3, 0.4) is 0 Å². The van der Waals surface area contributed by atoms with Gasteiger partial charge < -0.3 is 10.4 Å². The van der Waals surface area contributed by atoms with Crippen molar-refractivity contribution in [2.75, 3.05) is 5.32 Å². The number of carbonyl (C=O) groups is 1. The van der Waals surface area contributed by atoms with Crippen LogP contribution in [-0.2, 0) is 4.79 Å². The van der Waals surface area contributed by atoms with Crippen LogP contribution >= 0.6 is 35.4 Å². The second kappa shape index (κ2) is 9.03. The predicted octanol–water partition coefficient (Wildman–Crippen LogP) is 5.35. The molecule has 7 heteroatoms. The van der Waals surface area contributed by atoms with Crippen LogP contribution in [0.25, 0.3) is 6.08 Å². The quantitative estimate of drug-likeness (QED) is 0.362. The van der Waals surface area contributed by atoms with E-state index >= 15 is 0 Å². The van der Waals surface area contributed by atoms with Gasteiger partial charge in [0, 0.05) is 11.1 Å². The van der Waals surface area contributed by atoms with Gasteiger partial charge in [0.2, 0.25) is 5.91 Å². The molecule has 0 radical (unpaired) electrons. The van der Waals surface area contributed by atoms with Crippen molar-refractivity contribution in [3.05, 3.63) is 63.6 Å². The van der Waals surface area contributed by atoms with Gasteiger partial charge in [-0.3, -0.25) is 10.1 Å². The smallest absolute Gasteiger partial charge is 0.250 e. The lowest BCUT2D eigenvalue weighted by atomic mass is 10.0. The van der Waals surface area contributed by atoms with Gasteiger partial charge in [-0.15, -0.1) is 0 Å². The Labute approximate surface area is 167 Å². The molecule has 0 bridgehead atoms. The van der Waals surface area contributed by atoms with Crippen molar-refractivity contribution < 1.29 is 9.90 Å². The number of hydrogen-bond acceptors (Lipinski definition) is 3. The molecule has 0 fully saturated rings. The van der Waals surface area contributed by atoms with Gasteiger partial charge in [0.1, 0.15) is 0 Å². The molecule has 0 aliphatic heterocycles. The van der Waals surface area contributed by atoms with Gasteiger partial charge in [-0.25, -0.2) is 0 Å². The fourth-order valence-corrected chi connectivity index (χ4v) is 2.84. The molecule has 1 amide bonds. The van der Waals surface area contributed by atoms with E-state index in [0.29, 0.717) is 10.9 Å². The molecule has 0 saturated heterocycles. The fraction of sp³-hybridized carbons (Fsp3) is 0.158. The number of phenols is 1. The number of benzene rings is 2. The molecular weight excluding hydrogens is 391 g/mol. The van der Waals surface area contributed by atoms with Crippen LogP contribution in [0.15, 0.2) is 42.5 Å². The first-order valence-electron chi connectivity index (χ1n) is 7.84. The molecule has 26 heavy (non-hydrogen) atoms. The summed E-state index contributed by atoms with van der Waals surface area (Å²) in [4.78, 5) is 12.0. The lowest BCUT2D eigenvalue weighted by molar-refractivity contribution is -0.115. The number of anilines is 1. The predicted molar refractivity (Wildman–Crippen MR) is 112 cm³/mol. The van der Waals surface area contributed by atoms with Gasteiger partial charge in [0.25, 0.3) is 0 Å². The number of nitrogens with one attached hydrogen (secondary N) is 2. The number of carbonyl (C=O) groups excluding carboxylic acids is 1. The van der Waals surface area contributed by atoms with E-state index in [-0.39, 0.29) is 21.6 Å². The molecule has 0 heterocycles. The van der Waals surface area contributed by atoms with Crippen molar-refractivity contribution in [1.29, 1.82) is 0 Å². The Morgan fingerprint density at radius 1 is 1.19 bits per heavy atom. The SMILES string of the molecule is CC(C)c1ccc(/C=C/C(=O)NC(=S)Nc2cc(Cl)cc(Cl)c2O)cc1. The molecule has 3 N–H and O–H groups in total.